The topological polar surface area (TPSA) is 0 Å². The molecule has 1 aliphatic rings. The average molecular weight is 314 g/mol. The van der Waals surface area contributed by atoms with E-state index in [0.717, 1.165) is 23.0 Å². The van der Waals surface area contributed by atoms with Crippen LogP contribution in [0.25, 0.3) is 0 Å². The quantitative estimate of drug-likeness (QED) is 0.454. The van der Waals surface area contributed by atoms with Crippen molar-refractivity contribution in [3.8, 4) is 11.8 Å². The molecule has 1 fully saturated rings. The summed E-state index contributed by atoms with van der Waals surface area (Å²) in [6.45, 7) is 4.23. The van der Waals surface area contributed by atoms with E-state index < -0.39 is 0 Å². The lowest BCUT2D eigenvalue weighted by Crippen LogP contribution is -2.11. The molecule has 1 saturated carbocycles. The lowest BCUT2D eigenvalue weighted by Gasteiger charge is -2.27. The Morgan fingerprint density at radius 1 is 0.792 bits per heavy atom. The number of hydrogen-bond donors (Lipinski definition) is 0. The van der Waals surface area contributed by atoms with Crippen LogP contribution in [0.5, 0.6) is 0 Å². The molecule has 0 amide bonds. The van der Waals surface area contributed by atoms with E-state index in [0.29, 0.717) is 0 Å². The van der Waals surface area contributed by atoms with E-state index in [9.17, 15) is 0 Å². The summed E-state index contributed by atoms with van der Waals surface area (Å²) in [5.41, 5.74) is 4.93. The van der Waals surface area contributed by atoms with Crippen LogP contribution in [0.4, 0.5) is 0 Å². The molecular formula is C24H26. The van der Waals surface area contributed by atoms with Crippen LogP contribution in [0.15, 0.2) is 60.7 Å². The van der Waals surface area contributed by atoms with Gasteiger partial charge in [0.05, 0.1) is 0 Å². The maximum Gasteiger partial charge on any atom is 0.0249 e. The molecule has 1 aliphatic carbocycles. The van der Waals surface area contributed by atoms with Crippen molar-refractivity contribution in [1.29, 1.82) is 0 Å². The van der Waals surface area contributed by atoms with Crippen LogP contribution in [0.2, 0.25) is 0 Å². The lowest BCUT2D eigenvalue weighted by atomic mass is 9.78. The van der Waals surface area contributed by atoms with E-state index in [4.69, 9.17) is 0 Å². The van der Waals surface area contributed by atoms with Gasteiger partial charge >= 0.3 is 0 Å². The minimum atomic E-state index is 0.727. The molecule has 0 bridgehead atoms. The Hall–Kier alpha value is -2.26. The summed E-state index contributed by atoms with van der Waals surface area (Å²) in [6.07, 6.45) is 9.84. The van der Waals surface area contributed by atoms with Crippen molar-refractivity contribution in [2.45, 2.75) is 45.4 Å². The summed E-state index contributed by atoms with van der Waals surface area (Å²) >= 11 is 0. The molecule has 0 radical (unpaired) electrons. The molecule has 24 heavy (non-hydrogen) atoms. The van der Waals surface area contributed by atoms with Gasteiger partial charge in [0.2, 0.25) is 0 Å². The van der Waals surface area contributed by atoms with Crippen molar-refractivity contribution in [2.24, 2.45) is 5.92 Å². The molecule has 3 rings (SSSR count). The normalized spacial score (nSPS) is 20.6. The van der Waals surface area contributed by atoms with Crippen LogP contribution >= 0.6 is 0 Å². The molecule has 0 heterocycles. The highest BCUT2D eigenvalue weighted by atomic mass is 14.2. The third kappa shape index (κ3) is 4.39. The Balaban J connectivity index is 1.63. The molecule has 0 aliphatic heterocycles. The highest BCUT2D eigenvalue weighted by Gasteiger charge is 2.20. The second kappa shape index (κ2) is 8.02. The smallest absolute Gasteiger partial charge is 0.0249 e. The first kappa shape index (κ1) is 16.6. The van der Waals surface area contributed by atoms with Gasteiger partial charge in [-0.2, -0.15) is 0 Å². The summed E-state index contributed by atoms with van der Waals surface area (Å²) in [5.74, 6) is 8.05. The number of benzene rings is 2. The van der Waals surface area contributed by atoms with Crippen LogP contribution in [0, 0.1) is 24.7 Å². The van der Waals surface area contributed by atoms with E-state index in [1.165, 1.54) is 36.8 Å². The Kier molecular flexibility index (Phi) is 5.55. The third-order valence-corrected chi connectivity index (χ3v) is 5.02. The maximum atomic E-state index is 3.28. The lowest BCUT2D eigenvalue weighted by molar-refractivity contribution is 0.375. The first-order chi connectivity index (χ1) is 11.7. The van der Waals surface area contributed by atoms with Gasteiger partial charge in [-0.3, -0.25) is 0 Å². The molecule has 122 valence electrons. The molecule has 0 unspecified atom stereocenters. The first-order valence-electron chi connectivity index (χ1n) is 9.06. The molecule has 0 heteroatoms. The van der Waals surface area contributed by atoms with Crippen molar-refractivity contribution in [3.05, 3.63) is 82.9 Å². The summed E-state index contributed by atoms with van der Waals surface area (Å²) in [5, 5.41) is 0. The molecule has 0 saturated heterocycles. The zero-order valence-electron chi connectivity index (χ0n) is 14.8. The number of allylic oxidation sites excluding steroid dienone is 2. The molecule has 2 aromatic rings. The minimum Gasteiger partial charge on any atom is -0.0914 e. The van der Waals surface area contributed by atoms with E-state index in [1.54, 1.807) is 0 Å². The minimum absolute atomic E-state index is 0.727. The fraction of sp³-hybridized carbons (Fsp3) is 0.333. The van der Waals surface area contributed by atoms with Crippen LogP contribution < -0.4 is 0 Å². The van der Waals surface area contributed by atoms with Gasteiger partial charge in [-0.05, 0) is 81.2 Å². The highest BCUT2D eigenvalue weighted by Crippen LogP contribution is 2.36. The summed E-state index contributed by atoms with van der Waals surface area (Å²) in [6, 6.07) is 17.3. The summed E-state index contributed by atoms with van der Waals surface area (Å²) in [4.78, 5) is 0. The van der Waals surface area contributed by atoms with E-state index in [-0.39, 0.29) is 0 Å². The molecule has 0 nitrogen and oxygen atoms in total. The van der Waals surface area contributed by atoms with Gasteiger partial charge in [0.1, 0.15) is 0 Å². The zero-order chi connectivity index (χ0) is 16.8. The summed E-state index contributed by atoms with van der Waals surface area (Å²) < 4.78 is 0. The Morgan fingerprint density at radius 3 is 1.88 bits per heavy atom. The van der Waals surface area contributed by atoms with Gasteiger partial charge in [-0.1, -0.05) is 53.8 Å². The fourth-order valence-electron chi connectivity index (χ4n) is 3.54. The molecule has 2 aromatic carbocycles. The molecule has 0 spiro atoms. The Morgan fingerprint density at radius 2 is 1.33 bits per heavy atom. The molecule has 0 aromatic heterocycles. The molecule has 0 atom stereocenters. The van der Waals surface area contributed by atoms with Gasteiger partial charge < -0.3 is 0 Å². The van der Waals surface area contributed by atoms with Crippen molar-refractivity contribution in [1.82, 2.24) is 0 Å². The fourth-order valence-corrected chi connectivity index (χ4v) is 3.54. The van der Waals surface area contributed by atoms with Crippen LogP contribution in [0.3, 0.4) is 0 Å². The monoisotopic (exact) mass is 314 g/mol. The SMILES string of the molecule is C/C=C\C1CCC(c2ccc(C#Cc3ccc(C)cc3)cc2)CC1. The number of aryl methyl sites for hydroxylation is 1. The maximum absolute atomic E-state index is 3.28. The van der Waals surface area contributed by atoms with Crippen molar-refractivity contribution < 1.29 is 0 Å². The van der Waals surface area contributed by atoms with E-state index in [1.807, 2.05) is 0 Å². The summed E-state index contributed by atoms with van der Waals surface area (Å²) in [7, 11) is 0. The van der Waals surface area contributed by atoms with Crippen molar-refractivity contribution in [2.75, 3.05) is 0 Å². The predicted octanol–water partition coefficient (Wildman–Crippen LogP) is 6.24. The van der Waals surface area contributed by atoms with Gasteiger partial charge in [-0.15, -0.1) is 0 Å². The Labute approximate surface area is 146 Å². The van der Waals surface area contributed by atoms with Gasteiger partial charge in [0.25, 0.3) is 0 Å². The highest BCUT2D eigenvalue weighted by molar-refractivity contribution is 5.44. The standard InChI is InChI=1S/C24H26/c1-3-4-20-11-15-23(16-12-20)24-17-13-22(14-18-24)10-9-21-7-5-19(2)6-8-21/h3-8,13-14,17-18,20,23H,11-12,15-16H2,1-2H3/b4-3-. The van der Waals surface area contributed by atoms with Gasteiger partial charge in [0.15, 0.2) is 0 Å². The average Bonchev–Trinajstić information content (AvgIpc) is 2.63. The first-order valence-corrected chi connectivity index (χ1v) is 9.06. The van der Waals surface area contributed by atoms with Gasteiger partial charge in [-0.25, -0.2) is 0 Å². The second-order valence-corrected chi connectivity index (χ2v) is 6.88. The zero-order valence-corrected chi connectivity index (χ0v) is 14.8. The second-order valence-electron chi connectivity index (χ2n) is 6.88. The largest absolute Gasteiger partial charge is 0.0914 e. The third-order valence-electron chi connectivity index (χ3n) is 5.02. The van der Waals surface area contributed by atoms with Gasteiger partial charge in [0, 0.05) is 11.1 Å². The molecule has 0 N–H and O–H groups in total. The van der Waals surface area contributed by atoms with Crippen molar-refractivity contribution in [3.63, 3.8) is 0 Å². The molecular weight excluding hydrogens is 288 g/mol. The number of hydrogen-bond acceptors (Lipinski definition) is 0. The Bertz CT molecular complexity index is 727. The van der Waals surface area contributed by atoms with E-state index in [2.05, 4.69) is 86.4 Å². The van der Waals surface area contributed by atoms with Crippen LogP contribution in [-0.4, -0.2) is 0 Å². The number of rotatable bonds is 2. The van der Waals surface area contributed by atoms with E-state index >= 15 is 0 Å². The predicted molar refractivity (Wildman–Crippen MR) is 103 cm³/mol. The van der Waals surface area contributed by atoms with Crippen LogP contribution in [0.1, 0.15) is 60.8 Å². The van der Waals surface area contributed by atoms with Crippen LogP contribution in [-0.2, 0) is 0 Å². The van der Waals surface area contributed by atoms with Crippen molar-refractivity contribution >= 4 is 0 Å².